The summed E-state index contributed by atoms with van der Waals surface area (Å²) < 4.78 is 19.7. The van der Waals surface area contributed by atoms with Crippen molar-refractivity contribution in [3.63, 3.8) is 0 Å². The fraction of sp³-hybridized carbons (Fsp3) is 0.0870. The molecule has 158 valence electrons. The van der Waals surface area contributed by atoms with Crippen molar-refractivity contribution in [2.24, 2.45) is 5.10 Å². The number of nitrogens with one attached hydrogen (secondary N) is 2. The predicted molar refractivity (Wildman–Crippen MR) is 121 cm³/mol. The van der Waals surface area contributed by atoms with Crippen LogP contribution in [0.3, 0.4) is 0 Å². The molecule has 0 saturated heterocycles. The number of aryl methyl sites for hydroxylation is 1. The largest absolute Gasteiger partial charge is 0.483 e. The van der Waals surface area contributed by atoms with Crippen LogP contribution in [0.25, 0.3) is 0 Å². The second-order valence-electron chi connectivity index (χ2n) is 6.57. The average Bonchev–Trinajstić information content (AvgIpc) is 2.75. The quantitative estimate of drug-likeness (QED) is 0.378. The van der Waals surface area contributed by atoms with Gasteiger partial charge in [0.2, 0.25) is 0 Å². The third kappa shape index (κ3) is 6.48. The molecule has 2 amide bonds. The highest BCUT2D eigenvalue weighted by atomic mass is 79.9. The minimum Gasteiger partial charge on any atom is -0.483 e. The fourth-order valence-electron chi connectivity index (χ4n) is 2.54. The molecule has 0 radical (unpaired) electrons. The van der Waals surface area contributed by atoms with Crippen molar-refractivity contribution in [2.45, 2.75) is 6.92 Å². The smallest absolute Gasteiger partial charge is 0.271 e. The van der Waals surface area contributed by atoms with Crippen LogP contribution in [-0.2, 0) is 4.79 Å². The Morgan fingerprint density at radius 2 is 1.84 bits per heavy atom. The van der Waals surface area contributed by atoms with Gasteiger partial charge < -0.3 is 10.1 Å². The molecule has 0 atom stereocenters. The highest BCUT2D eigenvalue weighted by molar-refractivity contribution is 9.10. The molecule has 0 fully saturated rings. The zero-order valence-corrected chi connectivity index (χ0v) is 18.1. The number of hydrogen-bond acceptors (Lipinski definition) is 4. The maximum Gasteiger partial charge on any atom is 0.271 e. The highest BCUT2D eigenvalue weighted by Crippen LogP contribution is 2.25. The molecule has 8 heteroatoms. The normalized spacial score (nSPS) is 10.7. The molecule has 0 aliphatic heterocycles. The Morgan fingerprint density at radius 3 is 2.55 bits per heavy atom. The molecule has 0 unspecified atom stereocenters. The van der Waals surface area contributed by atoms with Crippen LogP contribution in [-0.4, -0.2) is 24.6 Å². The van der Waals surface area contributed by atoms with E-state index >= 15 is 0 Å². The second-order valence-corrected chi connectivity index (χ2v) is 7.43. The summed E-state index contributed by atoms with van der Waals surface area (Å²) in [6.45, 7) is 1.66. The summed E-state index contributed by atoms with van der Waals surface area (Å²) >= 11 is 3.37. The minimum absolute atomic E-state index is 0.0920. The van der Waals surface area contributed by atoms with Gasteiger partial charge in [-0.05, 0) is 70.9 Å². The van der Waals surface area contributed by atoms with Gasteiger partial charge in [-0.25, -0.2) is 9.82 Å². The summed E-state index contributed by atoms with van der Waals surface area (Å²) in [7, 11) is 0. The zero-order chi connectivity index (χ0) is 22.2. The number of rotatable bonds is 7. The molecule has 2 N–H and O–H groups in total. The van der Waals surface area contributed by atoms with Gasteiger partial charge in [-0.3, -0.25) is 9.59 Å². The second kappa shape index (κ2) is 10.5. The Kier molecular flexibility index (Phi) is 7.50. The van der Waals surface area contributed by atoms with Crippen LogP contribution < -0.4 is 15.5 Å². The van der Waals surface area contributed by atoms with Gasteiger partial charge in [0, 0.05) is 5.56 Å². The van der Waals surface area contributed by atoms with E-state index in [-0.39, 0.29) is 18.2 Å². The number of ether oxygens (including phenoxy) is 1. The number of amides is 2. The van der Waals surface area contributed by atoms with E-state index in [9.17, 15) is 14.0 Å². The molecule has 0 spiro atoms. The highest BCUT2D eigenvalue weighted by Gasteiger charge is 2.09. The molecular weight excluding hydrogens is 465 g/mol. The first-order valence-corrected chi connectivity index (χ1v) is 10.1. The number of benzene rings is 3. The average molecular weight is 484 g/mol. The molecule has 3 rings (SSSR count). The Balaban J connectivity index is 1.52. The first kappa shape index (κ1) is 22.2. The molecule has 0 aliphatic carbocycles. The monoisotopic (exact) mass is 483 g/mol. The van der Waals surface area contributed by atoms with Gasteiger partial charge in [0.1, 0.15) is 11.6 Å². The van der Waals surface area contributed by atoms with Crippen LogP contribution in [0.1, 0.15) is 21.5 Å². The van der Waals surface area contributed by atoms with E-state index < -0.39 is 11.7 Å². The molecule has 3 aromatic carbocycles. The van der Waals surface area contributed by atoms with E-state index in [1.54, 1.807) is 36.4 Å². The summed E-state index contributed by atoms with van der Waals surface area (Å²) in [4.78, 5) is 24.0. The summed E-state index contributed by atoms with van der Waals surface area (Å²) in [5.41, 5.74) is 4.85. The van der Waals surface area contributed by atoms with Crippen molar-refractivity contribution in [3.8, 4) is 5.75 Å². The van der Waals surface area contributed by atoms with Gasteiger partial charge in [0.05, 0.1) is 16.4 Å². The lowest BCUT2D eigenvalue weighted by molar-refractivity contribution is -0.118. The van der Waals surface area contributed by atoms with Gasteiger partial charge >= 0.3 is 0 Å². The van der Waals surface area contributed by atoms with E-state index in [4.69, 9.17) is 4.74 Å². The third-order valence-corrected chi connectivity index (χ3v) is 4.78. The van der Waals surface area contributed by atoms with Crippen LogP contribution >= 0.6 is 15.9 Å². The molecule has 0 heterocycles. The summed E-state index contributed by atoms with van der Waals surface area (Å²) in [5, 5.41) is 6.41. The number of para-hydroxylation sites is 1. The van der Waals surface area contributed by atoms with Crippen molar-refractivity contribution in [3.05, 3.63) is 93.7 Å². The maximum atomic E-state index is 13.6. The number of hydrazone groups is 1. The summed E-state index contributed by atoms with van der Waals surface area (Å²) in [5.74, 6) is -0.878. The third-order valence-electron chi connectivity index (χ3n) is 4.16. The molecule has 0 aromatic heterocycles. The Labute approximate surface area is 187 Å². The van der Waals surface area contributed by atoms with E-state index in [0.717, 1.165) is 5.56 Å². The van der Waals surface area contributed by atoms with Crippen LogP contribution in [0.15, 0.2) is 76.3 Å². The van der Waals surface area contributed by atoms with Gasteiger partial charge in [0.25, 0.3) is 11.8 Å². The Hall–Kier alpha value is -3.52. The van der Waals surface area contributed by atoms with Crippen molar-refractivity contribution in [2.75, 3.05) is 11.9 Å². The molecule has 0 aliphatic rings. The molecule has 31 heavy (non-hydrogen) atoms. The van der Waals surface area contributed by atoms with Crippen molar-refractivity contribution >= 4 is 39.6 Å². The van der Waals surface area contributed by atoms with Gasteiger partial charge in [-0.1, -0.05) is 29.8 Å². The van der Waals surface area contributed by atoms with Crippen molar-refractivity contribution in [1.82, 2.24) is 5.43 Å². The molecule has 3 aromatic rings. The lowest BCUT2D eigenvalue weighted by Gasteiger charge is -2.10. The standard InChI is InChI=1S/C23H19BrFN3O3/c1-15-6-9-17(10-7-15)23(30)28-26-13-16-8-11-21(18(24)12-16)31-14-22(29)27-20-5-3-2-4-19(20)25/h2-13H,14H2,1H3,(H,27,29)(H,28,30)/b26-13+. The van der Waals surface area contributed by atoms with Gasteiger partial charge in [0.15, 0.2) is 6.61 Å². The molecular formula is C23H19BrFN3O3. The van der Waals surface area contributed by atoms with Crippen LogP contribution in [0.5, 0.6) is 5.75 Å². The Bertz CT molecular complexity index is 1120. The number of nitrogens with zero attached hydrogens (tertiary/aromatic N) is 1. The summed E-state index contributed by atoms with van der Waals surface area (Å²) in [6.07, 6.45) is 1.49. The predicted octanol–water partition coefficient (Wildman–Crippen LogP) is 4.68. The lowest BCUT2D eigenvalue weighted by atomic mass is 10.1. The van der Waals surface area contributed by atoms with Crippen LogP contribution in [0.2, 0.25) is 0 Å². The van der Waals surface area contributed by atoms with Crippen molar-refractivity contribution < 1.29 is 18.7 Å². The van der Waals surface area contributed by atoms with Crippen molar-refractivity contribution in [1.29, 1.82) is 0 Å². The number of anilines is 1. The topological polar surface area (TPSA) is 79.8 Å². The molecule has 6 nitrogen and oxygen atoms in total. The minimum atomic E-state index is -0.518. The first-order valence-electron chi connectivity index (χ1n) is 9.29. The Morgan fingerprint density at radius 1 is 1.10 bits per heavy atom. The van der Waals surface area contributed by atoms with Crippen LogP contribution in [0, 0.1) is 12.7 Å². The van der Waals surface area contributed by atoms with E-state index in [1.165, 1.54) is 24.4 Å². The number of carbonyl (C=O) groups is 2. The van der Waals surface area contributed by atoms with E-state index in [2.05, 4.69) is 31.8 Å². The fourth-order valence-corrected chi connectivity index (χ4v) is 3.05. The van der Waals surface area contributed by atoms with E-state index in [1.807, 2.05) is 19.1 Å². The van der Waals surface area contributed by atoms with Crippen LogP contribution in [0.4, 0.5) is 10.1 Å². The first-order chi connectivity index (χ1) is 14.9. The zero-order valence-electron chi connectivity index (χ0n) is 16.6. The van der Waals surface area contributed by atoms with Gasteiger partial charge in [-0.2, -0.15) is 5.10 Å². The lowest BCUT2D eigenvalue weighted by Crippen LogP contribution is -2.20. The molecule has 0 saturated carbocycles. The number of carbonyl (C=O) groups excluding carboxylic acids is 2. The molecule has 0 bridgehead atoms. The summed E-state index contributed by atoms with van der Waals surface area (Å²) in [6, 6.07) is 18.2. The SMILES string of the molecule is Cc1ccc(C(=O)N/N=C/c2ccc(OCC(=O)Nc3ccccc3F)c(Br)c2)cc1. The number of hydrogen-bond donors (Lipinski definition) is 2. The van der Waals surface area contributed by atoms with E-state index in [0.29, 0.717) is 21.3 Å². The van der Waals surface area contributed by atoms with Gasteiger partial charge in [-0.15, -0.1) is 0 Å². The maximum absolute atomic E-state index is 13.6. The number of halogens is 2.